The van der Waals surface area contributed by atoms with Gasteiger partial charge >= 0.3 is 0 Å². The molecule has 11 aromatic rings. The van der Waals surface area contributed by atoms with Gasteiger partial charge < -0.3 is 14.9 Å². The molecule has 3 heterocycles. The Balaban J connectivity index is 0.00000588. The fraction of sp³-hybridized carbons (Fsp3) is 0.0429. The van der Waals surface area contributed by atoms with Crippen molar-refractivity contribution in [2.75, 3.05) is 4.90 Å². The molecular weight excluding hydrogens is 1080 g/mol. The summed E-state index contributed by atoms with van der Waals surface area (Å²) >= 11 is 0. The summed E-state index contributed by atoms with van der Waals surface area (Å²) < 4.78 is 0. The Labute approximate surface area is 448 Å². The molecule has 9 aromatic carbocycles. The first-order chi connectivity index (χ1) is 35.9. The molecule has 1 aliphatic heterocycles. The average Bonchev–Trinajstić information content (AvgIpc) is 3.84. The molecule has 1 aliphatic rings. The predicted octanol–water partition coefficient (Wildman–Crippen LogP) is 18.1. The van der Waals surface area contributed by atoms with Gasteiger partial charge in [0.1, 0.15) is 0 Å². The van der Waals surface area contributed by atoms with Crippen LogP contribution in [-0.2, 0) is 20.1 Å². The van der Waals surface area contributed by atoms with Crippen molar-refractivity contribution in [1.82, 2.24) is 9.97 Å². The normalized spacial score (nSPS) is 12.6. The molecule has 12 rings (SSSR count). The van der Waals surface area contributed by atoms with Crippen molar-refractivity contribution >= 4 is 5.69 Å². The summed E-state index contributed by atoms with van der Waals surface area (Å²) in [4.78, 5) is 12.2. The Morgan fingerprint density at radius 3 is 1.32 bits per heavy atom. The standard InChI is InChI=1S/C70H49N3.Ir/c1-70(2)40-41-73(48-70)61-36-32-52(33-37-61)62-22-9-12-25-65(62)58-43-59(66-26-13-10-23-63(66)56-34-38-68(71-46-56)53-18-7-4-8-19-53)45-60(44-58)67-27-14-11-24-64(67)57-35-39-69(72-47-57)55-21-15-20-54(42-55)51-30-28-50(29-31-51)49-16-5-3-6-17-49;/h3-18,20,22-36,38-48H,1-2H3;/q-4;. The van der Waals surface area contributed by atoms with Crippen LogP contribution in [-0.4, -0.2) is 9.97 Å². The first-order valence-corrected chi connectivity index (χ1v) is 24.8. The largest absolute Gasteiger partial charge is 0.520 e. The Bertz CT molecular complexity index is 3750. The van der Waals surface area contributed by atoms with Crippen molar-refractivity contribution in [2.24, 2.45) is 5.41 Å². The van der Waals surface area contributed by atoms with E-state index in [1.807, 2.05) is 48.8 Å². The van der Waals surface area contributed by atoms with Crippen molar-refractivity contribution < 1.29 is 20.1 Å². The van der Waals surface area contributed by atoms with Gasteiger partial charge in [-0.05, 0) is 108 Å². The van der Waals surface area contributed by atoms with Gasteiger partial charge in [0.25, 0.3) is 0 Å². The van der Waals surface area contributed by atoms with Gasteiger partial charge in [-0.25, -0.2) is 6.54 Å². The van der Waals surface area contributed by atoms with E-state index in [1.54, 1.807) is 0 Å². The summed E-state index contributed by atoms with van der Waals surface area (Å²) in [5, 5.41) is 0. The molecule has 3 nitrogen and oxygen atoms in total. The van der Waals surface area contributed by atoms with Crippen molar-refractivity contribution in [3.63, 3.8) is 0 Å². The van der Waals surface area contributed by atoms with E-state index < -0.39 is 0 Å². The second-order valence-corrected chi connectivity index (χ2v) is 19.1. The quantitative estimate of drug-likeness (QED) is 0.121. The molecule has 0 saturated carbocycles. The van der Waals surface area contributed by atoms with Crippen LogP contribution in [0.4, 0.5) is 5.69 Å². The molecule has 357 valence electrons. The molecule has 2 aromatic heterocycles. The molecule has 0 amide bonds. The summed E-state index contributed by atoms with van der Waals surface area (Å²) in [5.41, 5.74) is 22.6. The SMILES string of the molecule is CC1(C)C=CN(c2[c-]cc(-c3ccccc3-c3cc(-c4ccccc4-c4ccc(-c5[c-]cccc5)nc4)cc(-c4ccccc4-c4ccc(-c5[c-]ccc(-c6ccc(-c7ccccc7)cc6)c5)nc4)c3)cc2)[CH-]1.[Ir]. The molecule has 1 radical (unpaired) electrons. The number of hydrogen-bond acceptors (Lipinski definition) is 3. The van der Waals surface area contributed by atoms with Crippen LogP contribution < -0.4 is 4.90 Å². The van der Waals surface area contributed by atoms with Crippen molar-refractivity contribution in [3.8, 4) is 112 Å². The first-order valence-electron chi connectivity index (χ1n) is 24.8. The Kier molecular flexibility index (Phi) is 13.5. The molecule has 4 heteroatoms. The third-order valence-electron chi connectivity index (χ3n) is 13.7. The summed E-state index contributed by atoms with van der Waals surface area (Å²) in [6, 6.07) is 92.0. The van der Waals surface area contributed by atoms with E-state index >= 15 is 0 Å². The maximum Gasteiger partial charge on any atom is 0.0239 e. The van der Waals surface area contributed by atoms with E-state index in [1.165, 1.54) is 11.1 Å². The number of nitrogens with zero attached hydrogens (tertiary/aromatic N) is 3. The molecule has 74 heavy (non-hydrogen) atoms. The second kappa shape index (κ2) is 20.9. The zero-order chi connectivity index (χ0) is 49.1. The van der Waals surface area contributed by atoms with E-state index in [4.69, 9.17) is 9.97 Å². The molecule has 0 atom stereocenters. The van der Waals surface area contributed by atoms with Crippen LogP contribution in [0.2, 0.25) is 0 Å². The van der Waals surface area contributed by atoms with Crippen LogP contribution in [0.3, 0.4) is 0 Å². The number of hydrogen-bond donors (Lipinski definition) is 0. The molecule has 0 saturated heterocycles. The molecular formula is C70H49IrN3-4. The summed E-state index contributed by atoms with van der Waals surface area (Å²) in [6.07, 6.45) is 8.33. The zero-order valence-electron chi connectivity index (χ0n) is 41.0. The van der Waals surface area contributed by atoms with Crippen LogP contribution in [0.15, 0.2) is 255 Å². The maximum absolute atomic E-state index is 5.08. The van der Waals surface area contributed by atoms with E-state index in [9.17, 15) is 0 Å². The van der Waals surface area contributed by atoms with Gasteiger partial charge in [-0.2, -0.15) is 18.2 Å². The van der Waals surface area contributed by atoms with E-state index in [0.29, 0.717) is 0 Å². The van der Waals surface area contributed by atoms with Gasteiger partial charge in [-0.15, -0.1) is 94.0 Å². The van der Waals surface area contributed by atoms with E-state index in [-0.39, 0.29) is 25.5 Å². The molecule has 0 fully saturated rings. The summed E-state index contributed by atoms with van der Waals surface area (Å²) in [7, 11) is 0. The predicted molar refractivity (Wildman–Crippen MR) is 303 cm³/mol. The minimum atomic E-state index is 0. The summed E-state index contributed by atoms with van der Waals surface area (Å²) in [5.74, 6) is 0. The topological polar surface area (TPSA) is 29.0 Å². The Hall–Kier alpha value is -8.53. The Morgan fingerprint density at radius 1 is 0.378 bits per heavy atom. The van der Waals surface area contributed by atoms with Gasteiger partial charge in [-0.3, -0.25) is 0 Å². The Morgan fingerprint density at radius 2 is 0.838 bits per heavy atom. The van der Waals surface area contributed by atoms with Crippen molar-refractivity contribution in [3.05, 3.63) is 280 Å². The fourth-order valence-electron chi connectivity index (χ4n) is 9.92. The van der Waals surface area contributed by atoms with Crippen LogP contribution in [0.25, 0.3) is 112 Å². The molecule has 0 aliphatic carbocycles. The van der Waals surface area contributed by atoms with Crippen molar-refractivity contribution in [2.45, 2.75) is 13.8 Å². The van der Waals surface area contributed by atoms with E-state index in [0.717, 1.165) is 106 Å². The van der Waals surface area contributed by atoms with Gasteiger partial charge in [0, 0.05) is 32.5 Å². The van der Waals surface area contributed by atoms with Crippen LogP contribution in [0, 0.1) is 30.2 Å². The molecule has 0 bridgehead atoms. The average molecular weight is 1120 g/mol. The third-order valence-corrected chi connectivity index (χ3v) is 13.7. The minimum absolute atomic E-state index is 0. The number of anilines is 1. The number of benzene rings is 9. The zero-order valence-corrected chi connectivity index (χ0v) is 43.4. The van der Waals surface area contributed by atoms with Crippen LogP contribution >= 0.6 is 0 Å². The van der Waals surface area contributed by atoms with Crippen LogP contribution in [0.1, 0.15) is 13.8 Å². The monoisotopic (exact) mass is 1120 g/mol. The third kappa shape index (κ3) is 9.99. The maximum atomic E-state index is 5.08. The smallest absolute Gasteiger partial charge is 0.0239 e. The van der Waals surface area contributed by atoms with Gasteiger partial charge in [0.15, 0.2) is 0 Å². The van der Waals surface area contributed by atoms with Gasteiger partial charge in [0.05, 0.1) is 0 Å². The van der Waals surface area contributed by atoms with E-state index in [2.05, 4.69) is 250 Å². The fourth-order valence-corrected chi connectivity index (χ4v) is 9.92. The van der Waals surface area contributed by atoms with Gasteiger partial charge in [-0.1, -0.05) is 177 Å². The number of rotatable bonds is 11. The molecule has 0 unspecified atom stereocenters. The minimum Gasteiger partial charge on any atom is -0.520 e. The number of aromatic nitrogens is 2. The van der Waals surface area contributed by atoms with Crippen molar-refractivity contribution in [1.29, 1.82) is 0 Å². The number of pyridine rings is 2. The van der Waals surface area contributed by atoms with Gasteiger partial charge in [0.2, 0.25) is 0 Å². The van der Waals surface area contributed by atoms with Crippen LogP contribution in [0.5, 0.6) is 0 Å². The summed E-state index contributed by atoms with van der Waals surface area (Å²) in [6.45, 7) is 6.66. The molecule has 0 spiro atoms. The second-order valence-electron chi connectivity index (χ2n) is 19.1. The molecule has 0 N–H and O–H groups in total. The first kappa shape index (κ1) is 47.8.